The normalized spacial score (nSPS) is 13.7. The number of nitrogens with one attached hydrogen (secondary N) is 2. The van der Waals surface area contributed by atoms with Crippen molar-refractivity contribution in [2.75, 3.05) is 0 Å². The van der Waals surface area contributed by atoms with Gasteiger partial charge in [0.15, 0.2) is 0 Å². The van der Waals surface area contributed by atoms with E-state index >= 15 is 0 Å². The fraction of sp³-hybridized carbons (Fsp3) is 0.412. The Balaban J connectivity index is 2.14. The molecule has 0 aliphatic heterocycles. The van der Waals surface area contributed by atoms with Crippen molar-refractivity contribution in [2.24, 2.45) is 0 Å². The number of carbonyl (C=O) groups is 1. The van der Waals surface area contributed by atoms with Crippen molar-refractivity contribution in [3.05, 3.63) is 52.8 Å². The molecule has 2 aromatic rings. The molecule has 0 bridgehead atoms. The Morgan fingerprint density at radius 3 is 2.48 bits per heavy atom. The maximum Gasteiger partial charge on any atom is 0.225 e. The minimum atomic E-state index is -0.343. The molecule has 1 atom stereocenters. The number of rotatable bonds is 5. The molecule has 1 amide bonds. The van der Waals surface area contributed by atoms with Gasteiger partial charge in [-0.3, -0.25) is 9.89 Å². The molecule has 0 unspecified atom stereocenters. The van der Waals surface area contributed by atoms with E-state index in [0.29, 0.717) is 6.42 Å². The highest BCUT2D eigenvalue weighted by Crippen LogP contribution is 2.24. The van der Waals surface area contributed by atoms with Gasteiger partial charge in [-0.15, -0.1) is 0 Å². The number of aryl methyl sites for hydroxylation is 2. The van der Waals surface area contributed by atoms with Crippen LogP contribution in [0.25, 0.3) is 0 Å². The molecule has 0 spiro atoms. The second-order valence-corrected chi connectivity index (χ2v) is 5.69. The maximum absolute atomic E-state index is 12.4. The number of nitrogens with zero attached hydrogens (tertiary/aromatic N) is 1. The average Bonchev–Trinajstić information content (AvgIpc) is 2.80. The SMILES string of the molecule is CC[C@@](C)(NC(=O)Cc1c(C)n[nH]c1C)c1ccccc1. The summed E-state index contributed by atoms with van der Waals surface area (Å²) in [5.74, 6) is 0.0239. The molecule has 0 radical (unpaired) electrons. The lowest BCUT2D eigenvalue weighted by atomic mass is 9.89. The molecule has 1 heterocycles. The third-order valence-electron chi connectivity index (χ3n) is 4.15. The van der Waals surface area contributed by atoms with Gasteiger partial charge in [-0.05, 0) is 32.8 Å². The van der Waals surface area contributed by atoms with Crippen molar-refractivity contribution in [2.45, 2.75) is 46.1 Å². The van der Waals surface area contributed by atoms with Gasteiger partial charge in [0.1, 0.15) is 0 Å². The van der Waals surface area contributed by atoms with Crippen molar-refractivity contribution in [3.8, 4) is 0 Å². The molecule has 0 fully saturated rings. The van der Waals surface area contributed by atoms with E-state index in [1.165, 1.54) is 0 Å². The molecule has 4 nitrogen and oxygen atoms in total. The Kier molecular flexibility index (Phi) is 4.46. The van der Waals surface area contributed by atoms with Gasteiger partial charge in [0, 0.05) is 11.3 Å². The zero-order chi connectivity index (χ0) is 15.5. The Morgan fingerprint density at radius 2 is 1.95 bits per heavy atom. The van der Waals surface area contributed by atoms with E-state index in [2.05, 4.69) is 41.5 Å². The summed E-state index contributed by atoms with van der Waals surface area (Å²) in [6.45, 7) is 8.01. The molecular weight excluding hydrogens is 262 g/mol. The second kappa shape index (κ2) is 6.12. The van der Waals surface area contributed by atoms with E-state index < -0.39 is 0 Å². The first kappa shape index (κ1) is 15.3. The fourth-order valence-corrected chi connectivity index (χ4v) is 2.52. The quantitative estimate of drug-likeness (QED) is 0.887. The summed E-state index contributed by atoms with van der Waals surface area (Å²) >= 11 is 0. The van der Waals surface area contributed by atoms with Crippen molar-refractivity contribution in [1.29, 1.82) is 0 Å². The van der Waals surface area contributed by atoms with Gasteiger partial charge in [0.05, 0.1) is 17.7 Å². The molecule has 1 aromatic carbocycles. The van der Waals surface area contributed by atoms with E-state index in [4.69, 9.17) is 0 Å². The monoisotopic (exact) mass is 285 g/mol. The van der Waals surface area contributed by atoms with Crippen LogP contribution in [0.4, 0.5) is 0 Å². The van der Waals surface area contributed by atoms with Gasteiger partial charge in [-0.1, -0.05) is 37.3 Å². The smallest absolute Gasteiger partial charge is 0.225 e. The number of hydrogen-bond acceptors (Lipinski definition) is 2. The molecule has 21 heavy (non-hydrogen) atoms. The standard InChI is InChI=1S/C17H23N3O/c1-5-17(4,14-9-7-6-8-10-14)18-16(21)11-15-12(2)19-20-13(15)3/h6-10H,5,11H2,1-4H3,(H,18,21)(H,19,20)/t17-/m1/s1. The largest absolute Gasteiger partial charge is 0.347 e. The molecule has 4 heteroatoms. The van der Waals surface area contributed by atoms with Gasteiger partial charge >= 0.3 is 0 Å². The number of hydrogen-bond donors (Lipinski definition) is 2. The molecule has 0 saturated carbocycles. The Hall–Kier alpha value is -2.10. The summed E-state index contributed by atoms with van der Waals surface area (Å²) in [4.78, 5) is 12.4. The predicted molar refractivity (Wildman–Crippen MR) is 84.0 cm³/mol. The van der Waals surface area contributed by atoms with Crippen molar-refractivity contribution in [3.63, 3.8) is 0 Å². The van der Waals surface area contributed by atoms with Gasteiger partial charge in [0.25, 0.3) is 0 Å². The van der Waals surface area contributed by atoms with E-state index in [9.17, 15) is 4.79 Å². The van der Waals surface area contributed by atoms with E-state index in [1.807, 2.05) is 32.0 Å². The topological polar surface area (TPSA) is 57.8 Å². The highest BCUT2D eigenvalue weighted by Gasteiger charge is 2.26. The van der Waals surface area contributed by atoms with Crippen LogP contribution in [0.1, 0.15) is 42.8 Å². The van der Waals surface area contributed by atoms with Crippen LogP contribution in [-0.2, 0) is 16.8 Å². The Morgan fingerprint density at radius 1 is 1.29 bits per heavy atom. The van der Waals surface area contributed by atoms with Crippen molar-refractivity contribution < 1.29 is 4.79 Å². The molecule has 2 N–H and O–H groups in total. The summed E-state index contributed by atoms with van der Waals surface area (Å²) in [6.07, 6.45) is 1.20. The summed E-state index contributed by atoms with van der Waals surface area (Å²) in [7, 11) is 0. The number of benzene rings is 1. The van der Waals surface area contributed by atoms with E-state index in [-0.39, 0.29) is 11.4 Å². The van der Waals surface area contributed by atoms with Crippen LogP contribution in [0, 0.1) is 13.8 Å². The van der Waals surface area contributed by atoms with Crippen molar-refractivity contribution >= 4 is 5.91 Å². The zero-order valence-corrected chi connectivity index (χ0v) is 13.2. The summed E-state index contributed by atoms with van der Waals surface area (Å²) in [5.41, 5.74) is 3.62. The van der Waals surface area contributed by atoms with Crippen LogP contribution in [0.15, 0.2) is 30.3 Å². The van der Waals surface area contributed by atoms with Crippen LogP contribution >= 0.6 is 0 Å². The van der Waals surface area contributed by atoms with Crippen LogP contribution < -0.4 is 5.32 Å². The summed E-state index contributed by atoms with van der Waals surface area (Å²) in [5, 5.41) is 10.2. The number of carbonyl (C=O) groups excluding carboxylic acids is 1. The lowest BCUT2D eigenvalue weighted by molar-refractivity contribution is -0.122. The highest BCUT2D eigenvalue weighted by molar-refractivity contribution is 5.80. The lowest BCUT2D eigenvalue weighted by Gasteiger charge is -2.30. The van der Waals surface area contributed by atoms with Crippen LogP contribution in [-0.4, -0.2) is 16.1 Å². The maximum atomic E-state index is 12.4. The minimum Gasteiger partial charge on any atom is -0.347 e. The first-order chi connectivity index (χ1) is 9.96. The van der Waals surface area contributed by atoms with E-state index in [0.717, 1.165) is 28.9 Å². The first-order valence-electron chi connectivity index (χ1n) is 7.33. The number of amides is 1. The molecule has 112 valence electrons. The van der Waals surface area contributed by atoms with Gasteiger partial charge < -0.3 is 5.32 Å². The average molecular weight is 285 g/mol. The minimum absolute atomic E-state index is 0.0239. The predicted octanol–water partition coefficient (Wildman–Crippen LogP) is 3.01. The number of aromatic nitrogens is 2. The Labute approximate surface area is 126 Å². The Bertz CT molecular complexity index is 599. The van der Waals surface area contributed by atoms with Gasteiger partial charge in [-0.2, -0.15) is 5.10 Å². The van der Waals surface area contributed by atoms with Gasteiger partial charge in [0.2, 0.25) is 5.91 Å². The highest BCUT2D eigenvalue weighted by atomic mass is 16.1. The molecule has 1 aromatic heterocycles. The van der Waals surface area contributed by atoms with Crippen LogP contribution in [0.3, 0.4) is 0 Å². The van der Waals surface area contributed by atoms with Gasteiger partial charge in [-0.25, -0.2) is 0 Å². The molecule has 2 rings (SSSR count). The molecular formula is C17H23N3O. The molecule has 0 aliphatic rings. The third-order valence-corrected chi connectivity index (χ3v) is 4.15. The third kappa shape index (κ3) is 3.32. The lowest BCUT2D eigenvalue weighted by Crippen LogP contribution is -2.43. The summed E-state index contributed by atoms with van der Waals surface area (Å²) in [6, 6.07) is 10.1. The van der Waals surface area contributed by atoms with Crippen LogP contribution in [0.5, 0.6) is 0 Å². The number of aromatic amines is 1. The molecule has 0 saturated heterocycles. The fourth-order valence-electron chi connectivity index (χ4n) is 2.52. The second-order valence-electron chi connectivity index (χ2n) is 5.69. The van der Waals surface area contributed by atoms with Crippen molar-refractivity contribution in [1.82, 2.24) is 15.5 Å². The van der Waals surface area contributed by atoms with E-state index in [1.54, 1.807) is 0 Å². The molecule has 0 aliphatic carbocycles. The summed E-state index contributed by atoms with van der Waals surface area (Å²) < 4.78 is 0. The zero-order valence-electron chi connectivity index (χ0n) is 13.2. The van der Waals surface area contributed by atoms with Crippen LogP contribution in [0.2, 0.25) is 0 Å². The number of H-pyrrole nitrogens is 1. The first-order valence-corrected chi connectivity index (χ1v) is 7.33.